The Bertz CT molecular complexity index is 348. The van der Waals surface area contributed by atoms with Gasteiger partial charge in [0.25, 0.3) is 0 Å². The van der Waals surface area contributed by atoms with Crippen LogP contribution in [0, 0.1) is 5.41 Å². The van der Waals surface area contributed by atoms with Gasteiger partial charge in [-0.15, -0.1) is 0 Å². The number of hydrogen-bond acceptors (Lipinski definition) is 3. The molecule has 1 aliphatic heterocycles. The lowest BCUT2D eigenvalue weighted by Gasteiger charge is -2.41. The third-order valence-electron chi connectivity index (χ3n) is 4.29. The first-order chi connectivity index (χ1) is 8.61. The van der Waals surface area contributed by atoms with Gasteiger partial charge in [0.05, 0.1) is 0 Å². The summed E-state index contributed by atoms with van der Waals surface area (Å²) in [6.45, 7) is 9.62. The summed E-state index contributed by atoms with van der Waals surface area (Å²) < 4.78 is 5.42. The average molecular weight is 268 g/mol. The third-order valence-corrected chi connectivity index (χ3v) is 4.29. The lowest BCUT2D eigenvalue weighted by atomic mass is 9.75. The van der Waals surface area contributed by atoms with Crippen molar-refractivity contribution < 1.29 is 9.53 Å². The maximum Gasteiger partial charge on any atom is 0.410 e. The van der Waals surface area contributed by atoms with E-state index in [0.717, 1.165) is 32.4 Å². The summed E-state index contributed by atoms with van der Waals surface area (Å²) in [4.78, 5) is 13.8. The summed E-state index contributed by atoms with van der Waals surface area (Å²) in [6.07, 6.45) is 5.32. The first-order valence-corrected chi connectivity index (χ1v) is 7.38. The minimum Gasteiger partial charge on any atom is -0.444 e. The van der Waals surface area contributed by atoms with Gasteiger partial charge < -0.3 is 15.4 Å². The predicted molar refractivity (Wildman–Crippen MR) is 75.9 cm³/mol. The Morgan fingerprint density at radius 1 is 1.21 bits per heavy atom. The van der Waals surface area contributed by atoms with Crippen LogP contribution in [0.25, 0.3) is 0 Å². The van der Waals surface area contributed by atoms with Crippen LogP contribution >= 0.6 is 0 Å². The number of hydrogen-bond donors (Lipinski definition) is 1. The highest BCUT2D eigenvalue weighted by atomic mass is 16.6. The summed E-state index contributed by atoms with van der Waals surface area (Å²) in [7, 11) is 0. The van der Waals surface area contributed by atoms with Gasteiger partial charge in [0, 0.05) is 18.6 Å². The molecule has 0 aromatic rings. The second-order valence-corrected chi connectivity index (χ2v) is 7.82. The fourth-order valence-corrected chi connectivity index (χ4v) is 2.92. The average Bonchev–Trinajstić information content (AvgIpc) is 2.93. The quantitative estimate of drug-likeness (QED) is 0.837. The molecule has 1 saturated carbocycles. The SMILES string of the molecule is CC1(CC2(N)CC2)CCN(C(=O)OC(C)(C)C)CC1. The van der Waals surface area contributed by atoms with Crippen molar-refractivity contribution in [2.45, 2.75) is 70.9 Å². The zero-order chi connectivity index (χ0) is 14.3. The Morgan fingerprint density at radius 3 is 2.16 bits per heavy atom. The van der Waals surface area contributed by atoms with Gasteiger partial charge >= 0.3 is 6.09 Å². The first-order valence-electron chi connectivity index (χ1n) is 7.38. The largest absolute Gasteiger partial charge is 0.444 e. The van der Waals surface area contributed by atoms with Crippen LogP contribution in [0.1, 0.15) is 59.8 Å². The fourth-order valence-electron chi connectivity index (χ4n) is 2.92. The van der Waals surface area contributed by atoms with Crippen LogP contribution in [0.2, 0.25) is 0 Å². The van der Waals surface area contributed by atoms with E-state index in [1.807, 2.05) is 25.7 Å². The number of likely N-dealkylation sites (tertiary alicyclic amines) is 1. The second-order valence-electron chi connectivity index (χ2n) is 7.82. The molecule has 0 bridgehead atoms. The molecule has 1 saturated heterocycles. The normalized spacial score (nSPS) is 25.0. The molecular weight excluding hydrogens is 240 g/mol. The van der Waals surface area contributed by atoms with Gasteiger partial charge in [-0.3, -0.25) is 0 Å². The Morgan fingerprint density at radius 2 is 1.74 bits per heavy atom. The highest BCUT2D eigenvalue weighted by molar-refractivity contribution is 5.68. The van der Waals surface area contributed by atoms with Crippen LogP contribution in [0.4, 0.5) is 4.79 Å². The van der Waals surface area contributed by atoms with Crippen LogP contribution < -0.4 is 5.73 Å². The topological polar surface area (TPSA) is 55.6 Å². The molecule has 1 heterocycles. The van der Waals surface area contributed by atoms with E-state index in [4.69, 9.17) is 10.5 Å². The van der Waals surface area contributed by atoms with Gasteiger partial charge in [-0.2, -0.15) is 0 Å². The summed E-state index contributed by atoms with van der Waals surface area (Å²) in [5.74, 6) is 0. The minimum atomic E-state index is -0.410. The molecule has 19 heavy (non-hydrogen) atoms. The molecule has 0 spiro atoms. The van der Waals surface area contributed by atoms with E-state index in [0.29, 0.717) is 5.41 Å². The van der Waals surface area contributed by atoms with Crippen molar-refractivity contribution in [3.05, 3.63) is 0 Å². The maximum atomic E-state index is 12.0. The number of piperidine rings is 1. The molecule has 2 N–H and O–H groups in total. The smallest absolute Gasteiger partial charge is 0.410 e. The molecule has 4 heteroatoms. The Balaban J connectivity index is 1.83. The van der Waals surface area contributed by atoms with Crippen LogP contribution in [-0.4, -0.2) is 35.2 Å². The molecule has 2 rings (SSSR count). The molecule has 2 aliphatic rings. The molecule has 1 aliphatic carbocycles. The van der Waals surface area contributed by atoms with Gasteiger partial charge in [-0.05, 0) is 58.3 Å². The number of amides is 1. The van der Waals surface area contributed by atoms with Gasteiger partial charge in [0.2, 0.25) is 0 Å². The minimum absolute atomic E-state index is 0.100. The molecule has 2 fully saturated rings. The number of carbonyl (C=O) groups excluding carboxylic acids is 1. The molecule has 0 radical (unpaired) electrons. The van der Waals surface area contributed by atoms with Crippen molar-refractivity contribution in [3.63, 3.8) is 0 Å². The van der Waals surface area contributed by atoms with Gasteiger partial charge in [-0.1, -0.05) is 6.92 Å². The number of rotatable bonds is 2. The van der Waals surface area contributed by atoms with Gasteiger partial charge in [-0.25, -0.2) is 4.79 Å². The van der Waals surface area contributed by atoms with Gasteiger partial charge in [0.1, 0.15) is 5.60 Å². The molecule has 110 valence electrons. The molecule has 0 aromatic carbocycles. The summed E-state index contributed by atoms with van der Waals surface area (Å²) in [6, 6.07) is 0. The maximum absolute atomic E-state index is 12.0. The van der Waals surface area contributed by atoms with E-state index >= 15 is 0 Å². The van der Waals surface area contributed by atoms with Crippen LogP contribution in [0.15, 0.2) is 0 Å². The Labute approximate surface area is 116 Å². The lowest BCUT2D eigenvalue weighted by molar-refractivity contribution is 0.0102. The molecule has 1 amide bonds. The standard InChI is InChI=1S/C15H28N2O2/c1-13(2,3)19-12(18)17-9-7-14(4,8-10-17)11-15(16)5-6-15/h5-11,16H2,1-4H3. The van der Waals surface area contributed by atoms with Crippen molar-refractivity contribution in [2.75, 3.05) is 13.1 Å². The van der Waals surface area contributed by atoms with Crippen molar-refractivity contribution in [1.82, 2.24) is 4.90 Å². The zero-order valence-electron chi connectivity index (χ0n) is 12.8. The van der Waals surface area contributed by atoms with Gasteiger partial charge in [0.15, 0.2) is 0 Å². The van der Waals surface area contributed by atoms with Crippen molar-refractivity contribution in [3.8, 4) is 0 Å². The molecule has 4 nitrogen and oxygen atoms in total. The van der Waals surface area contributed by atoms with Crippen molar-refractivity contribution in [1.29, 1.82) is 0 Å². The van der Waals surface area contributed by atoms with E-state index < -0.39 is 5.60 Å². The van der Waals surface area contributed by atoms with E-state index in [9.17, 15) is 4.79 Å². The zero-order valence-corrected chi connectivity index (χ0v) is 12.8. The van der Waals surface area contributed by atoms with E-state index in [1.165, 1.54) is 12.8 Å². The molecule has 0 aromatic heterocycles. The van der Waals surface area contributed by atoms with E-state index in [2.05, 4.69) is 6.92 Å². The number of carbonyl (C=O) groups is 1. The Hall–Kier alpha value is -0.770. The summed E-state index contributed by atoms with van der Waals surface area (Å²) in [5, 5.41) is 0. The highest BCUT2D eigenvalue weighted by Gasteiger charge is 2.45. The number of nitrogens with zero attached hydrogens (tertiary/aromatic N) is 1. The monoisotopic (exact) mass is 268 g/mol. The molecule has 0 unspecified atom stereocenters. The van der Waals surface area contributed by atoms with Crippen LogP contribution in [-0.2, 0) is 4.74 Å². The number of nitrogens with two attached hydrogens (primary N) is 1. The molecular formula is C15H28N2O2. The Kier molecular flexibility index (Phi) is 3.58. The van der Waals surface area contributed by atoms with E-state index in [-0.39, 0.29) is 11.6 Å². The fraction of sp³-hybridized carbons (Fsp3) is 0.933. The third kappa shape index (κ3) is 4.10. The summed E-state index contributed by atoms with van der Waals surface area (Å²) >= 11 is 0. The van der Waals surface area contributed by atoms with Crippen LogP contribution in [0.3, 0.4) is 0 Å². The summed E-state index contributed by atoms with van der Waals surface area (Å²) in [5.41, 5.74) is 6.22. The second kappa shape index (κ2) is 4.65. The first kappa shape index (κ1) is 14.6. The number of ether oxygens (including phenoxy) is 1. The predicted octanol–water partition coefficient (Wildman–Crippen LogP) is 2.91. The van der Waals surface area contributed by atoms with Crippen molar-refractivity contribution in [2.24, 2.45) is 11.1 Å². The highest BCUT2D eigenvalue weighted by Crippen LogP contribution is 2.46. The van der Waals surface area contributed by atoms with Crippen molar-refractivity contribution >= 4 is 6.09 Å². The molecule has 0 atom stereocenters. The lowest BCUT2D eigenvalue weighted by Crippen LogP contribution is -2.46. The van der Waals surface area contributed by atoms with Crippen LogP contribution in [0.5, 0.6) is 0 Å². The van der Waals surface area contributed by atoms with E-state index in [1.54, 1.807) is 0 Å².